The van der Waals surface area contributed by atoms with E-state index in [1.807, 2.05) is 54.6 Å². The van der Waals surface area contributed by atoms with E-state index in [1.54, 1.807) is 31.8 Å². The normalized spacial score (nSPS) is 15.5. The second kappa shape index (κ2) is 7.36. The van der Waals surface area contributed by atoms with E-state index in [9.17, 15) is 4.79 Å². The van der Waals surface area contributed by atoms with Gasteiger partial charge in [-0.15, -0.1) is 5.10 Å². The first-order valence-electron chi connectivity index (χ1n) is 9.91. The molecule has 1 atom stereocenters. The molecule has 154 valence electrons. The summed E-state index contributed by atoms with van der Waals surface area (Å²) in [5.74, 6) is 1.93. The van der Waals surface area contributed by atoms with Crippen LogP contribution in [0.25, 0.3) is 17.0 Å². The van der Waals surface area contributed by atoms with Crippen LogP contribution in [0.2, 0.25) is 0 Å². The number of carbonyl (C=O) groups is 1. The molecule has 1 aliphatic heterocycles. The Balaban J connectivity index is 1.73. The van der Waals surface area contributed by atoms with E-state index in [1.165, 1.54) is 0 Å². The van der Waals surface area contributed by atoms with Crippen LogP contribution in [0.1, 0.15) is 30.9 Å². The summed E-state index contributed by atoms with van der Waals surface area (Å²) in [6, 6.07) is 17.4. The molecule has 0 radical (unpaired) electrons. The average Bonchev–Trinajstić information content (AvgIpc) is 3.23. The third-order valence-electron chi connectivity index (χ3n) is 5.45. The largest absolute Gasteiger partial charge is 0.497 e. The van der Waals surface area contributed by atoms with Gasteiger partial charge in [0, 0.05) is 17.1 Å². The predicted molar refractivity (Wildman–Crippen MR) is 115 cm³/mol. The summed E-state index contributed by atoms with van der Waals surface area (Å²) < 4.78 is 12.8. The van der Waals surface area contributed by atoms with Gasteiger partial charge in [0.2, 0.25) is 5.88 Å². The number of carbonyl (C=O) groups excluding carboxylic acids is 1. The predicted octanol–water partition coefficient (Wildman–Crippen LogP) is 4.19. The minimum atomic E-state index is -0.341. The molecule has 0 unspecified atom stereocenters. The third-order valence-corrected chi connectivity index (χ3v) is 5.45. The van der Waals surface area contributed by atoms with Crippen molar-refractivity contribution >= 4 is 11.4 Å². The van der Waals surface area contributed by atoms with E-state index in [-0.39, 0.29) is 11.7 Å². The van der Waals surface area contributed by atoms with E-state index in [0.29, 0.717) is 28.7 Å². The van der Waals surface area contributed by atoms with Crippen LogP contribution in [-0.2, 0) is 4.79 Å². The van der Waals surface area contributed by atoms with E-state index < -0.39 is 0 Å². The molecule has 2 aromatic heterocycles. The summed E-state index contributed by atoms with van der Waals surface area (Å²) in [6.45, 7) is 3.36. The fraction of sp³-hybridized carbons (Fsp3) is 0.167. The molecule has 1 aliphatic rings. The van der Waals surface area contributed by atoms with Crippen LogP contribution in [0, 0.1) is 0 Å². The Morgan fingerprint density at radius 1 is 1.10 bits per heavy atom. The fourth-order valence-electron chi connectivity index (χ4n) is 4.03. The number of ether oxygens (including phenoxy) is 2. The van der Waals surface area contributed by atoms with E-state index in [2.05, 4.69) is 10.1 Å². The number of Topliss-reactive ketones (excluding diaryl/α,β-unsaturated/α-hetero) is 1. The van der Waals surface area contributed by atoms with Crippen molar-refractivity contribution in [3.05, 3.63) is 83.4 Å². The lowest BCUT2D eigenvalue weighted by molar-refractivity contribution is -0.114. The lowest BCUT2D eigenvalue weighted by Gasteiger charge is -2.28. The van der Waals surface area contributed by atoms with Crippen molar-refractivity contribution in [1.29, 1.82) is 0 Å². The molecule has 7 heteroatoms. The van der Waals surface area contributed by atoms with E-state index in [4.69, 9.17) is 14.5 Å². The quantitative estimate of drug-likeness (QED) is 0.500. The van der Waals surface area contributed by atoms with Gasteiger partial charge in [-0.1, -0.05) is 30.3 Å². The van der Waals surface area contributed by atoms with Gasteiger partial charge in [0.05, 0.1) is 12.7 Å². The summed E-state index contributed by atoms with van der Waals surface area (Å²) in [7, 11) is 1.63. The molecule has 3 heterocycles. The molecule has 31 heavy (non-hydrogen) atoms. The Labute approximate surface area is 179 Å². The average molecular weight is 412 g/mol. The van der Waals surface area contributed by atoms with Crippen molar-refractivity contribution in [2.45, 2.75) is 19.8 Å². The molecular weight excluding hydrogens is 392 g/mol. The monoisotopic (exact) mass is 412 g/mol. The van der Waals surface area contributed by atoms with Crippen LogP contribution in [0.3, 0.4) is 0 Å². The lowest BCUT2D eigenvalue weighted by Crippen LogP contribution is -2.22. The maximum atomic E-state index is 12.6. The van der Waals surface area contributed by atoms with Crippen LogP contribution < -0.4 is 9.47 Å². The Morgan fingerprint density at radius 3 is 2.52 bits per heavy atom. The fourth-order valence-corrected chi connectivity index (χ4v) is 4.03. The molecular formula is C24H20N4O3. The van der Waals surface area contributed by atoms with Gasteiger partial charge in [-0.3, -0.25) is 4.79 Å². The molecule has 5 rings (SSSR count). The van der Waals surface area contributed by atoms with Crippen molar-refractivity contribution < 1.29 is 14.3 Å². The zero-order valence-electron chi connectivity index (χ0n) is 17.4. The number of fused-ring (bicyclic) bond motifs is 3. The van der Waals surface area contributed by atoms with Crippen molar-refractivity contribution in [2.75, 3.05) is 7.11 Å². The third kappa shape index (κ3) is 3.15. The maximum Gasteiger partial charge on any atom is 0.228 e. The first-order valence-corrected chi connectivity index (χ1v) is 9.91. The van der Waals surface area contributed by atoms with Gasteiger partial charge in [-0.25, -0.2) is 14.5 Å². The topological polar surface area (TPSA) is 78.6 Å². The number of allylic oxidation sites excluding steroid dienone is 2. The molecule has 0 aliphatic carbocycles. The first kappa shape index (κ1) is 19.0. The van der Waals surface area contributed by atoms with Crippen LogP contribution in [-0.4, -0.2) is 32.5 Å². The van der Waals surface area contributed by atoms with Gasteiger partial charge in [0.15, 0.2) is 17.3 Å². The summed E-state index contributed by atoms with van der Waals surface area (Å²) in [5, 5.41) is 4.61. The molecule has 0 fully saturated rings. The Morgan fingerprint density at radius 2 is 1.84 bits per heavy atom. The second-order valence-corrected chi connectivity index (χ2v) is 7.37. The Kier molecular flexibility index (Phi) is 4.51. The highest BCUT2D eigenvalue weighted by molar-refractivity contribution is 5.97. The number of rotatable bonds is 4. The summed E-state index contributed by atoms with van der Waals surface area (Å²) in [6.07, 6.45) is 1.59. The number of aromatic nitrogens is 4. The van der Waals surface area contributed by atoms with E-state index >= 15 is 0 Å². The molecule has 0 bridgehead atoms. The van der Waals surface area contributed by atoms with Crippen molar-refractivity contribution in [3.63, 3.8) is 0 Å². The van der Waals surface area contributed by atoms with Gasteiger partial charge in [0.1, 0.15) is 17.8 Å². The van der Waals surface area contributed by atoms with Crippen LogP contribution in [0.15, 0.2) is 72.3 Å². The SMILES string of the molecule is COc1ccc(-c2nc3c4c(ncn3n2)OC(C)=C(C(C)=O)[C@H]4c2ccccc2)cc1. The smallest absolute Gasteiger partial charge is 0.228 e. The molecule has 0 amide bonds. The highest BCUT2D eigenvalue weighted by Crippen LogP contribution is 2.44. The number of ketones is 1. The minimum Gasteiger partial charge on any atom is -0.497 e. The Hall–Kier alpha value is -4.00. The number of methoxy groups -OCH3 is 1. The highest BCUT2D eigenvalue weighted by Gasteiger charge is 2.35. The number of nitrogens with zero attached hydrogens (tertiary/aromatic N) is 4. The van der Waals surface area contributed by atoms with Crippen LogP contribution in [0.4, 0.5) is 0 Å². The van der Waals surface area contributed by atoms with E-state index in [0.717, 1.165) is 22.4 Å². The van der Waals surface area contributed by atoms with Crippen LogP contribution in [0.5, 0.6) is 11.6 Å². The maximum absolute atomic E-state index is 12.6. The summed E-state index contributed by atoms with van der Waals surface area (Å²) in [5.41, 5.74) is 3.76. The van der Waals surface area contributed by atoms with Gasteiger partial charge < -0.3 is 9.47 Å². The Bertz CT molecular complexity index is 1320. The summed E-state index contributed by atoms with van der Waals surface area (Å²) in [4.78, 5) is 21.9. The molecule has 0 N–H and O–H groups in total. The number of hydrogen-bond acceptors (Lipinski definition) is 6. The van der Waals surface area contributed by atoms with Crippen molar-refractivity contribution in [2.24, 2.45) is 0 Å². The lowest BCUT2D eigenvalue weighted by atomic mass is 9.82. The molecule has 7 nitrogen and oxygen atoms in total. The number of hydrogen-bond donors (Lipinski definition) is 0. The zero-order chi connectivity index (χ0) is 21.5. The van der Waals surface area contributed by atoms with Crippen molar-refractivity contribution in [3.8, 4) is 23.0 Å². The highest BCUT2D eigenvalue weighted by atomic mass is 16.5. The zero-order valence-corrected chi connectivity index (χ0v) is 17.4. The molecule has 4 aromatic rings. The molecule has 0 saturated heterocycles. The minimum absolute atomic E-state index is 0.0473. The van der Waals surface area contributed by atoms with Crippen LogP contribution >= 0.6 is 0 Å². The molecule has 2 aromatic carbocycles. The molecule has 0 saturated carbocycles. The van der Waals surface area contributed by atoms with Crippen molar-refractivity contribution in [1.82, 2.24) is 19.6 Å². The van der Waals surface area contributed by atoms with Gasteiger partial charge in [-0.2, -0.15) is 0 Å². The van der Waals surface area contributed by atoms with Gasteiger partial charge in [-0.05, 0) is 43.7 Å². The molecule has 0 spiro atoms. The number of benzene rings is 2. The standard InChI is InChI=1S/C24H20N4O3/c1-14(29)19-15(2)31-24-21(20(19)16-7-5-4-6-8-16)23-26-22(27-28(23)13-25-24)17-9-11-18(30-3)12-10-17/h4-13,20H,1-3H3/t20-/m1/s1. The van der Waals surface area contributed by atoms with Gasteiger partial charge >= 0.3 is 0 Å². The van der Waals surface area contributed by atoms with Gasteiger partial charge in [0.25, 0.3) is 0 Å². The first-order chi connectivity index (χ1) is 15.1. The second-order valence-electron chi connectivity index (χ2n) is 7.37. The summed E-state index contributed by atoms with van der Waals surface area (Å²) >= 11 is 0.